The molecule has 0 spiro atoms. The molecule has 22 heavy (non-hydrogen) atoms. The summed E-state index contributed by atoms with van der Waals surface area (Å²) >= 11 is 0. The van der Waals surface area contributed by atoms with E-state index in [1.54, 1.807) is 23.2 Å². The van der Waals surface area contributed by atoms with Gasteiger partial charge in [0.25, 0.3) is 11.6 Å². The van der Waals surface area contributed by atoms with E-state index in [0.717, 1.165) is 25.9 Å². The van der Waals surface area contributed by atoms with Crippen LogP contribution in [-0.2, 0) is 4.79 Å². The molecule has 1 fully saturated rings. The lowest BCUT2D eigenvalue weighted by molar-refractivity contribution is -0.384. The maximum absolute atomic E-state index is 12.0. The van der Waals surface area contributed by atoms with Crippen molar-refractivity contribution >= 4 is 22.5 Å². The molecule has 1 aliphatic heterocycles. The van der Waals surface area contributed by atoms with E-state index in [1.165, 1.54) is 12.1 Å². The van der Waals surface area contributed by atoms with Crippen molar-refractivity contribution in [2.45, 2.75) is 12.8 Å². The van der Waals surface area contributed by atoms with Crippen molar-refractivity contribution < 1.29 is 14.5 Å². The largest absolute Gasteiger partial charge is 0.481 e. The zero-order valence-corrected chi connectivity index (χ0v) is 11.9. The second-order valence-electron chi connectivity index (χ2n) is 5.15. The molecule has 1 aromatic carbocycles. The number of ether oxygens (including phenoxy) is 1. The molecule has 0 bridgehead atoms. The van der Waals surface area contributed by atoms with Gasteiger partial charge in [0.2, 0.25) is 0 Å². The lowest BCUT2D eigenvalue weighted by atomic mass is 10.2. The summed E-state index contributed by atoms with van der Waals surface area (Å²) in [7, 11) is 0. The third kappa shape index (κ3) is 2.83. The first kappa shape index (κ1) is 14.2. The fourth-order valence-electron chi connectivity index (χ4n) is 2.56. The van der Waals surface area contributed by atoms with Crippen molar-refractivity contribution in [1.29, 1.82) is 0 Å². The molecule has 0 aliphatic carbocycles. The molecule has 1 amide bonds. The Bertz CT molecular complexity index is 726. The zero-order chi connectivity index (χ0) is 15.5. The van der Waals surface area contributed by atoms with E-state index in [-0.39, 0.29) is 24.0 Å². The number of aromatic nitrogens is 1. The van der Waals surface area contributed by atoms with Gasteiger partial charge in [-0.15, -0.1) is 0 Å². The molecule has 0 atom stereocenters. The molecule has 1 aromatic heterocycles. The molecule has 0 radical (unpaired) electrons. The summed E-state index contributed by atoms with van der Waals surface area (Å²) in [4.78, 5) is 28.5. The Morgan fingerprint density at radius 2 is 2.14 bits per heavy atom. The van der Waals surface area contributed by atoms with Crippen LogP contribution in [0.4, 0.5) is 5.69 Å². The lowest BCUT2D eigenvalue weighted by Crippen LogP contribution is -2.32. The quantitative estimate of drug-likeness (QED) is 0.638. The van der Waals surface area contributed by atoms with Crippen molar-refractivity contribution in [3.05, 3.63) is 40.6 Å². The summed E-state index contributed by atoms with van der Waals surface area (Å²) in [5.74, 6) is 0.158. The average Bonchev–Trinajstić information content (AvgIpc) is 3.06. The SMILES string of the molecule is O=C(COc1cc([N+](=O)[O-])cc2cccnc12)N1CCCC1. The number of carbonyl (C=O) groups excluding carboxylic acids is 1. The number of non-ortho nitro benzene ring substituents is 1. The van der Waals surface area contributed by atoms with Crippen LogP contribution in [0.5, 0.6) is 5.75 Å². The van der Waals surface area contributed by atoms with Gasteiger partial charge >= 0.3 is 0 Å². The molecular formula is C15H15N3O4. The number of rotatable bonds is 4. The van der Waals surface area contributed by atoms with Crippen LogP contribution in [0, 0.1) is 10.1 Å². The van der Waals surface area contributed by atoms with Crippen molar-refractivity contribution in [1.82, 2.24) is 9.88 Å². The minimum absolute atomic E-state index is 0.0795. The van der Waals surface area contributed by atoms with Crippen LogP contribution in [-0.4, -0.2) is 40.4 Å². The van der Waals surface area contributed by atoms with Gasteiger partial charge in [0.1, 0.15) is 5.52 Å². The molecule has 1 aliphatic rings. The highest BCUT2D eigenvalue weighted by atomic mass is 16.6. The number of hydrogen-bond acceptors (Lipinski definition) is 5. The Balaban J connectivity index is 1.85. The van der Waals surface area contributed by atoms with Gasteiger partial charge in [-0.25, -0.2) is 0 Å². The predicted octanol–water partition coefficient (Wildman–Crippen LogP) is 2.14. The van der Waals surface area contributed by atoms with Crippen molar-refractivity contribution in [2.24, 2.45) is 0 Å². The molecule has 0 N–H and O–H groups in total. The minimum Gasteiger partial charge on any atom is -0.481 e. The molecule has 7 nitrogen and oxygen atoms in total. The van der Waals surface area contributed by atoms with Gasteiger partial charge in [-0.2, -0.15) is 0 Å². The predicted molar refractivity (Wildman–Crippen MR) is 79.7 cm³/mol. The monoisotopic (exact) mass is 301 g/mol. The standard InChI is InChI=1S/C15H15N3O4/c19-14(17-6-1-2-7-17)10-22-13-9-12(18(20)21)8-11-4-3-5-16-15(11)13/h3-5,8-9H,1-2,6-7,10H2. The summed E-state index contributed by atoms with van der Waals surface area (Å²) < 4.78 is 5.53. The Morgan fingerprint density at radius 3 is 2.86 bits per heavy atom. The van der Waals surface area contributed by atoms with Gasteiger partial charge in [-0.3, -0.25) is 19.9 Å². The molecule has 114 valence electrons. The Hall–Kier alpha value is -2.70. The topological polar surface area (TPSA) is 85.6 Å². The molecule has 2 heterocycles. The summed E-state index contributed by atoms with van der Waals surface area (Å²) in [6.07, 6.45) is 3.60. The van der Waals surface area contributed by atoms with Crippen LogP contribution >= 0.6 is 0 Å². The number of nitrogens with zero attached hydrogens (tertiary/aromatic N) is 3. The van der Waals surface area contributed by atoms with Gasteiger partial charge in [0, 0.05) is 30.7 Å². The minimum atomic E-state index is -0.485. The molecule has 1 saturated heterocycles. The van der Waals surface area contributed by atoms with Gasteiger partial charge < -0.3 is 9.64 Å². The van der Waals surface area contributed by atoms with Crippen LogP contribution in [0.1, 0.15) is 12.8 Å². The summed E-state index contributed by atoms with van der Waals surface area (Å²) in [6.45, 7) is 1.36. The smallest absolute Gasteiger partial charge is 0.273 e. The third-order valence-corrected chi connectivity index (χ3v) is 3.68. The fraction of sp³-hybridized carbons (Fsp3) is 0.333. The van der Waals surface area contributed by atoms with Crippen LogP contribution < -0.4 is 4.74 Å². The molecule has 3 rings (SSSR count). The number of likely N-dealkylation sites (tertiary alicyclic amines) is 1. The number of nitro benzene ring substituents is 1. The number of benzene rings is 1. The zero-order valence-electron chi connectivity index (χ0n) is 11.9. The number of pyridine rings is 1. The van der Waals surface area contributed by atoms with Crippen molar-refractivity contribution in [2.75, 3.05) is 19.7 Å². The first-order chi connectivity index (χ1) is 10.6. The lowest BCUT2D eigenvalue weighted by Gasteiger charge is -2.15. The van der Waals surface area contributed by atoms with Gasteiger partial charge in [0.15, 0.2) is 12.4 Å². The maximum atomic E-state index is 12.0. The molecular weight excluding hydrogens is 286 g/mol. The highest BCUT2D eigenvalue weighted by molar-refractivity contribution is 5.87. The van der Waals surface area contributed by atoms with E-state index in [1.807, 2.05) is 0 Å². The summed E-state index contributed by atoms with van der Waals surface area (Å²) in [5, 5.41) is 11.6. The number of carbonyl (C=O) groups is 1. The van der Waals surface area contributed by atoms with Crippen LogP contribution in [0.3, 0.4) is 0 Å². The van der Waals surface area contributed by atoms with Gasteiger partial charge in [-0.05, 0) is 18.9 Å². The van der Waals surface area contributed by atoms with E-state index in [0.29, 0.717) is 10.9 Å². The fourth-order valence-corrected chi connectivity index (χ4v) is 2.56. The Morgan fingerprint density at radius 1 is 1.36 bits per heavy atom. The van der Waals surface area contributed by atoms with Gasteiger partial charge in [-0.1, -0.05) is 6.07 Å². The van der Waals surface area contributed by atoms with Gasteiger partial charge in [0.05, 0.1) is 11.0 Å². The second-order valence-corrected chi connectivity index (χ2v) is 5.15. The van der Waals surface area contributed by atoms with E-state index in [2.05, 4.69) is 4.98 Å². The summed E-state index contributed by atoms with van der Waals surface area (Å²) in [6, 6.07) is 6.18. The number of hydrogen-bond donors (Lipinski definition) is 0. The van der Waals surface area contributed by atoms with E-state index in [9.17, 15) is 14.9 Å². The number of fused-ring (bicyclic) bond motifs is 1. The van der Waals surface area contributed by atoms with E-state index in [4.69, 9.17) is 4.74 Å². The molecule has 2 aromatic rings. The first-order valence-electron chi connectivity index (χ1n) is 7.09. The number of nitro groups is 1. The number of amides is 1. The maximum Gasteiger partial charge on any atom is 0.273 e. The Labute approximate surface area is 126 Å². The van der Waals surface area contributed by atoms with E-state index < -0.39 is 4.92 Å². The normalized spacial score (nSPS) is 14.3. The molecule has 7 heteroatoms. The van der Waals surface area contributed by atoms with Crippen LogP contribution in [0.2, 0.25) is 0 Å². The highest BCUT2D eigenvalue weighted by Crippen LogP contribution is 2.29. The van der Waals surface area contributed by atoms with E-state index >= 15 is 0 Å². The van der Waals surface area contributed by atoms with Crippen LogP contribution in [0.25, 0.3) is 10.9 Å². The summed E-state index contributed by atoms with van der Waals surface area (Å²) in [5.41, 5.74) is 0.437. The molecule has 0 saturated carbocycles. The average molecular weight is 301 g/mol. The second kappa shape index (κ2) is 5.97. The van der Waals surface area contributed by atoms with Crippen LogP contribution in [0.15, 0.2) is 30.5 Å². The highest BCUT2D eigenvalue weighted by Gasteiger charge is 2.19. The van der Waals surface area contributed by atoms with Crippen molar-refractivity contribution in [3.8, 4) is 5.75 Å². The Kier molecular flexibility index (Phi) is 3.86. The van der Waals surface area contributed by atoms with Crippen molar-refractivity contribution in [3.63, 3.8) is 0 Å². The first-order valence-corrected chi connectivity index (χ1v) is 7.09. The third-order valence-electron chi connectivity index (χ3n) is 3.68. The molecule has 0 unspecified atom stereocenters.